The van der Waals surface area contributed by atoms with Crippen molar-refractivity contribution in [3.63, 3.8) is 0 Å². The van der Waals surface area contributed by atoms with Crippen LogP contribution in [0.5, 0.6) is 0 Å². The maximum atomic E-state index is 11.2. The van der Waals surface area contributed by atoms with Gasteiger partial charge in [0.15, 0.2) is 0 Å². The second-order valence-electron chi connectivity index (χ2n) is 4.89. The number of carboxylic acid groups (broad SMARTS) is 1. The molecule has 1 aromatic carbocycles. The second kappa shape index (κ2) is 5.13. The van der Waals surface area contributed by atoms with E-state index >= 15 is 0 Å². The first-order valence-electron chi connectivity index (χ1n) is 6.07. The minimum Gasteiger partial charge on any atom is -0.481 e. The van der Waals surface area contributed by atoms with Gasteiger partial charge in [-0.1, -0.05) is 26.0 Å². The lowest BCUT2D eigenvalue weighted by Crippen LogP contribution is -2.13. The summed E-state index contributed by atoms with van der Waals surface area (Å²) in [6.07, 6.45) is 2.11. The first-order valence-corrected chi connectivity index (χ1v) is 6.95. The lowest BCUT2D eigenvalue weighted by Gasteiger charge is -2.12. The smallest absolute Gasteiger partial charge is 0.311 e. The molecule has 2 rings (SSSR count). The SMILES string of the molecule is CC(C)Sc1ccc(C(C(=O)O)C2CC2)cc1. The van der Waals surface area contributed by atoms with E-state index in [1.807, 2.05) is 24.3 Å². The third-order valence-corrected chi connectivity index (χ3v) is 3.99. The molecule has 0 spiro atoms. The fourth-order valence-corrected chi connectivity index (χ4v) is 2.91. The number of hydrogen-bond donors (Lipinski definition) is 1. The monoisotopic (exact) mass is 250 g/mol. The Hall–Kier alpha value is -0.960. The van der Waals surface area contributed by atoms with Gasteiger partial charge in [0.05, 0.1) is 5.92 Å². The molecule has 3 heteroatoms. The summed E-state index contributed by atoms with van der Waals surface area (Å²) in [4.78, 5) is 12.5. The van der Waals surface area contributed by atoms with Gasteiger partial charge < -0.3 is 5.11 Å². The Bertz CT molecular complexity index is 393. The lowest BCUT2D eigenvalue weighted by molar-refractivity contribution is -0.139. The molecule has 0 bridgehead atoms. The van der Waals surface area contributed by atoms with E-state index in [1.165, 1.54) is 4.90 Å². The average Bonchev–Trinajstić information content (AvgIpc) is 3.04. The number of hydrogen-bond acceptors (Lipinski definition) is 2. The molecule has 1 fully saturated rings. The third kappa shape index (κ3) is 3.25. The number of rotatable bonds is 5. The van der Waals surface area contributed by atoms with Crippen molar-refractivity contribution in [3.8, 4) is 0 Å². The van der Waals surface area contributed by atoms with E-state index in [4.69, 9.17) is 0 Å². The van der Waals surface area contributed by atoms with Crippen molar-refractivity contribution in [1.82, 2.24) is 0 Å². The van der Waals surface area contributed by atoms with Gasteiger partial charge in [0.1, 0.15) is 0 Å². The summed E-state index contributed by atoms with van der Waals surface area (Å²) >= 11 is 1.80. The van der Waals surface area contributed by atoms with Crippen LogP contribution in [0.2, 0.25) is 0 Å². The minimum atomic E-state index is -0.684. The summed E-state index contributed by atoms with van der Waals surface area (Å²) in [5.74, 6) is -0.624. The molecule has 1 unspecified atom stereocenters. The molecule has 92 valence electrons. The molecule has 1 saturated carbocycles. The molecule has 0 heterocycles. The fourth-order valence-electron chi connectivity index (χ4n) is 2.07. The van der Waals surface area contributed by atoms with Crippen molar-refractivity contribution in [3.05, 3.63) is 29.8 Å². The van der Waals surface area contributed by atoms with E-state index in [2.05, 4.69) is 13.8 Å². The van der Waals surface area contributed by atoms with Crippen LogP contribution in [0.3, 0.4) is 0 Å². The van der Waals surface area contributed by atoms with Crippen LogP contribution in [0.1, 0.15) is 38.2 Å². The van der Waals surface area contributed by atoms with Crippen LogP contribution in [0.15, 0.2) is 29.2 Å². The zero-order valence-electron chi connectivity index (χ0n) is 10.2. The maximum absolute atomic E-state index is 11.2. The maximum Gasteiger partial charge on any atom is 0.311 e. The Morgan fingerprint density at radius 3 is 2.29 bits per heavy atom. The van der Waals surface area contributed by atoms with E-state index in [0.29, 0.717) is 11.2 Å². The van der Waals surface area contributed by atoms with Crippen LogP contribution < -0.4 is 0 Å². The highest BCUT2D eigenvalue weighted by Gasteiger charge is 2.37. The van der Waals surface area contributed by atoms with Crippen molar-refractivity contribution in [2.45, 2.75) is 42.8 Å². The molecule has 1 aliphatic carbocycles. The van der Waals surface area contributed by atoms with Crippen molar-refractivity contribution in [2.24, 2.45) is 5.92 Å². The van der Waals surface area contributed by atoms with Crippen molar-refractivity contribution in [1.29, 1.82) is 0 Å². The molecule has 0 aromatic heterocycles. The fraction of sp³-hybridized carbons (Fsp3) is 0.500. The van der Waals surface area contributed by atoms with Crippen LogP contribution >= 0.6 is 11.8 Å². The highest BCUT2D eigenvalue weighted by atomic mass is 32.2. The zero-order valence-corrected chi connectivity index (χ0v) is 11.0. The molecule has 2 nitrogen and oxygen atoms in total. The summed E-state index contributed by atoms with van der Waals surface area (Å²) in [7, 11) is 0. The third-order valence-electron chi connectivity index (χ3n) is 2.97. The van der Waals surface area contributed by atoms with Gasteiger partial charge in [-0.3, -0.25) is 4.79 Å². The molecule has 1 atom stereocenters. The molecular weight excluding hydrogens is 232 g/mol. The number of benzene rings is 1. The molecule has 0 radical (unpaired) electrons. The number of carbonyl (C=O) groups is 1. The molecule has 1 aliphatic rings. The van der Waals surface area contributed by atoms with E-state index < -0.39 is 5.97 Å². The first kappa shape index (κ1) is 12.5. The topological polar surface area (TPSA) is 37.3 Å². The van der Waals surface area contributed by atoms with Crippen molar-refractivity contribution < 1.29 is 9.90 Å². The van der Waals surface area contributed by atoms with Crippen LogP contribution in [0.4, 0.5) is 0 Å². The summed E-state index contributed by atoms with van der Waals surface area (Å²) in [5.41, 5.74) is 0.952. The quantitative estimate of drug-likeness (QED) is 0.808. The standard InChI is InChI=1S/C14H18O2S/c1-9(2)17-12-7-5-11(6-8-12)13(14(15)16)10-3-4-10/h5-10,13H,3-4H2,1-2H3,(H,15,16). The number of aliphatic carboxylic acids is 1. The van der Waals surface area contributed by atoms with Gasteiger partial charge >= 0.3 is 5.97 Å². The average molecular weight is 250 g/mol. The van der Waals surface area contributed by atoms with Crippen molar-refractivity contribution in [2.75, 3.05) is 0 Å². The molecule has 0 saturated heterocycles. The normalized spacial score (nSPS) is 17.1. The Balaban J connectivity index is 2.13. The first-order chi connectivity index (χ1) is 8.08. The Morgan fingerprint density at radius 1 is 1.29 bits per heavy atom. The van der Waals surface area contributed by atoms with Gasteiger partial charge in [-0.05, 0) is 36.5 Å². The van der Waals surface area contributed by atoms with E-state index in [0.717, 1.165) is 18.4 Å². The van der Waals surface area contributed by atoms with Crippen LogP contribution in [0, 0.1) is 5.92 Å². The predicted octanol–water partition coefficient (Wildman–Crippen LogP) is 3.77. The van der Waals surface area contributed by atoms with E-state index in [1.54, 1.807) is 11.8 Å². The van der Waals surface area contributed by atoms with Crippen LogP contribution in [-0.4, -0.2) is 16.3 Å². The summed E-state index contributed by atoms with van der Waals surface area (Å²) in [5, 5.41) is 9.80. The molecule has 1 N–H and O–H groups in total. The number of carboxylic acids is 1. The highest BCUT2D eigenvalue weighted by Crippen LogP contribution is 2.43. The lowest BCUT2D eigenvalue weighted by atomic mass is 9.94. The highest BCUT2D eigenvalue weighted by molar-refractivity contribution is 7.99. The largest absolute Gasteiger partial charge is 0.481 e. The summed E-state index contributed by atoms with van der Waals surface area (Å²) in [6.45, 7) is 4.31. The molecule has 17 heavy (non-hydrogen) atoms. The van der Waals surface area contributed by atoms with E-state index in [9.17, 15) is 9.90 Å². The number of thioether (sulfide) groups is 1. The van der Waals surface area contributed by atoms with Crippen LogP contribution in [0.25, 0.3) is 0 Å². The molecular formula is C14H18O2S. The van der Waals surface area contributed by atoms with Gasteiger partial charge in [-0.15, -0.1) is 11.8 Å². The van der Waals surface area contributed by atoms with Gasteiger partial charge in [-0.25, -0.2) is 0 Å². The zero-order chi connectivity index (χ0) is 12.4. The Morgan fingerprint density at radius 2 is 1.88 bits per heavy atom. The Kier molecular flexibility index (Phi) is 3.77. The summed E-state index contributed by atoms with van der Waals surface area (Å²) < 4.78 is 0. The van der Waals surface area contributed by atoms with Gasteiger partial charge in [-0.2, -0.15) is 0 Å². The van der Waals surface area contributed by atoms with Crippen molar-refractivity contribution >= 4 is 17.7 Å². The molecule has 0 aliphatic heterocycles. The minimum absolute atomic E-state index is 0.298. The molecule has 1 aromatic rings. The predicted molar refractivity (Wildman–Crippen MR) is 70.5 cm³/mol. The van der Waals surface area contributed by atoms with Crippen LogP contribution in [-0.2, 0) is 4.79 Å². The van der Waals surface area contributed by atoms with E-state index in [-0.39, 0.29) is 5.92 Å². The molecule has 0 amide bonds. The summed E-state index contributed by atoms with van der Waals surface area (Å²) in [6, 6.07) is 8.03. The Labute approximate surface area is 106 Å². The van der Waals surface area contributed by atoms with Gasteiger partial charge in [0.2, 0.25) is 0 Å². The second-order valence-corrected chi connectivity index (χ2v) is 6.54. The van der Waals surface area contributed by atoms with Gasteiger partial charge in [0.25, 0.3) is 0 Å². The van der Waals surface area contributed by atoms with Gasteiger partial charge in [0, 0.05) is 10.1 Å².